The average molecular weight is 284 g/mol. The molecule has 1 aromatic carbocycles. The quantitative estimate of drug-likeness (QED) is 0.793. The highest BCUT2D eigenvalue weighted by molar-refractivity contribution is 5.76. The topological polar surface area (TPSA) is 38.0 Å². The van der Waals surface area contributed by atoms with E-state index in [1.807, 2.05) is 0 Å². The molecule has 0 atom stereocenters. The molecule has 1 saturated heterocycles. The molecule has 1 aliphatic heterocycles. The molecule has 1 aromatic rings. The van der Waals surface area contributed by atoms with E-state index in [2.05, 4.69) is 43.4 Å². The molecule has 2 aliphatic rings. The molecule has 114 valence electrons. The maximum absolute atomic E-state index is 6.26. The van der Waals surface area contributed by atoms with Crippen molar-refractivity contribution < 1.29 is 0 Å². The van der Waals surface area contributed by atoms with Crippen molar-refractivity contribution in [2.45, 2.75) is 51.9 Å². The van der Waals surface area contributed by atoms with E-state index < -0.39 is 0 Å². The predicted molar refractivity (Wildman–Crippen MR) is 91.3 cm³/mol. The van der Waals surface area contributed by atoms with Gasteiger partial charge in [-0.3, -0.25) is 0 Å². The van der Waals surface area contributed by atoms with Gasteiger partial charge in [0.1, 0.15) is 0 Å². The molecular weight excluding hydrogens is 256 g/mol. The standard InChI is InChI=1S/C19H28N2/c1-19(2)9-5-15(6-10-19)17-13-16(3-4-18(17)20)14-7-11-21-12-8-14/h3-5,13-14,21H,6-12,20H2,1-2H3. The van der Waals surface area contributed by atoms with Crippen molar-refractivity contribution in [3.63, 3.8) is 0 Å². The third-order valence-electron chi connectivity index (χ3n) is 5.21. The molecule has 2 nitrogen and oxygen atoms in total. The number of benzene rings is 1. The highest BCUT2D eigenvalue weighted by Crippen LogP contribution is 2.40. The van der Waals surface area contributed by atoms with Crippen molar-refractivity contribution in [1.82, 2.24) is 5.32 Å². The van der Waals surface area contributed by atoms with Crippen molar-refractivity contribution >= 4 is 11.3 Å². The second kappa shape index (κ2) is 5.84. The zero-order valence-corrected chi connectivity index (χ0v) is 13.4. The highest BCUT2D eigenvalue weighted by Gasteiger charge is 2.23. The lowest BCUT2D eigenvalue weighted by Gasteiger charge is -2.30. The van der Waals surface area contributed by atoms with Crippen LogP contribution in [-0.2, 0) is 0 Å². The molecule has 1 aliphatic carbocycles. The third-order valence-corrected chi connectivity index (χ3v) is 5.21. The number of anilines is 1. The second-order valence-corrected chi connectivity index (χ2v) is 7.47. The van der Waals surface area contributed by atoms with Gasteiger partial charge in [-0.05, 0) is 79.8 Å². The van der Waals surface area contributed by atoms with E-state index in [1.165, 1.54) is 42.4 Å². The first-order chi connectivity index (χ1) is 10.1. The lowest BCUT2D eigenvalue weighted by Crippen LogP contribution is -2.26. The van der Waals surface area contributed by atoms with Crippen LogP contribution in [0.15, 0.2) is 24.3 Å². The van der Waals surface area contributed by atoms with Gasteiger partial charge in [-0.15, -0.1) is 0 Å². The smallest absolute Gasteiger partial charge is 0.0390 e. The Balaban J connectivity index is 1.86. The van der Waals surface area contributed by atoms with Crippen LogP contribution in [-0.4, -0.2) is 13.1 Å². The van der Waals surface area contributed by atoms with Crippen molar-refractivity contribution in [2.24, 2.45) is 5.41 Å². The maximum Gasteiger partial charge on any atom is 0.0390 e. The molecule has 0 unspecified atom stereocenters. The van der Waals surface area contributed by atoms with E-state index in [-0.39, 0.29) is 0 Å². The van der Waals surface area contributed by atoms with E-state index in [9.17, 15) is 0 Å². The summed E-state index contributed by atoms with van der Waals surface area (Å²) < 4.78 is 0. The van der Waals surface area contributed by atoms with Gasteiger partial charge in [-0.25, -0.2) is 0 Å². The molecule has 0 amide bonds. The van der Waals surface area contributed by atoms with Crippen molar-refractivity contribution in [1.29, 1.82) is 0 Å². The number of hydrogen-bond donors (Lipinski definition) is 2. The van der Waals surface area contributed by atoms with Gasteiger partial charge in [0.25, 0.3) is 0 Å². The molecule has 0 radical (unpaired) electrons. The minimum atomic E-state index is 0.449. The number of allylic oxidation sites excluding steroid dienone is 2. The molecule has 1 heterocycles. The monoisotopic (exact) mass is 284 g/mol. The van der Waals surface area contributed by atoms with Gasteiger partial charge in [0.2, 0.25) is 0 Å². The summed E-state index contributed by atoms with van der Waals surface area (Å²) in [7, 11) is 0. The van der Waals surface area contributed by atoms with Crippen LogP contribution in [0.25, 0.3) is 5.57 Å². The Morgan fingerprint density at radius 3 is 2.62 bits per heavy atom. The Bertz CT molecular complexity index is 536. The lowest BCUT2D eigenvalue weighted by atomic mass is 9.76. The van der Waals surface area contributed by atoms with Gasteiger partial charge in [0.15, 0.2) is 0 Å². The predicted octanol–water partition coefficient (Wildman–Crippen LogP) is 4.33. The van der Waals surface area contributed by atoms with E-state index in [4.69, 9.17) is 5.73 Å². The van der Waals surface area contributed by atoms with Gasteiger partial charge in [-0.2, -0.15) is 0 Å². The molecule has 0 spiro atoms. The second-order valence-electron chi connectivity index (χ2n) is 7.47. The normalized spacial score (nSPS) is 22.9. The van der Waals surface area contributed by atoms with E-state index in [1.54, 1.807) is 0 Å². The molecule has 2 heteroatoms. The third kappa shape index (κ3) is 3.32. The fraction of sp³-hybridized carbons (Fsp3) is 0.579. The molecule has 0 aromatic heterocycles. The summed E-state index contributed by atoms with van der Waals surface area (Å²) in [6.45, 7) is 6.99. The number of piperidine rings is 1. The fourth-order valence-corrected chi connectivity index (χ4v) is 3.58. The van der Waals surface area contributed by atoms with Crippen LogP contribution in [0.3, 0.4) is 0 Å². The summed E-state index contributed by atoms with van der Waals surface area (Å²) in [6, 6.07) is 6.73. The lowest BCUT2D eigenvalue weighted by molar-refractivity contribution is 0.335. The van der Waals surface area contributed by atoms with Crippen molar-refractivity contribution in [3.05, 3.63) is 35.4 Å². The number of hydrogen-bond acceptors (Lipinski definition) is 2. The Morgan fingerprint density at radius 2 is 1.95 bits per heavy atom. The van der Waals surface area contributed by atoms with E-state index >= 15 is 0 Å². The van der Waals surface area contributed by atoms with Gasteiger partial charge in [-0.1, -0.05) is 26.0 Å². The first kappa shape index (κ1) is 14.6. The van der Waals surface area contributed by atoms with Crippen LogP contribution >= 0.6 is 0 Å². The zero-order chi connectivity index (χ0) is 14.9. The Labute approximate surface area is 128 Å². The number of nitrogens with one attached hydrogen (secondary N) is 1. The zero-order valence-electron chi connectivity index (χ0n) is 13.4. The summed E-state index contributed by atoms with van der Waals surface area (Å²) in [6.07, 6.45) is 8.49. The molecule has 0 bridgehead atoms. The van der Waals surface area contributed by atoms with Gasteiger partial charge < -0.3 is 11.1 Å². The minimum absolute atomic E-state index is 0.449. The summed E-state index contributed by atoms with van der Waals surface area (Å²) in [4.78, 5) is 0. The minimum Gasteiger partial charge on any atom is -0.398 e. The van der Waals surface area contributed by atoms with Crippen molar-refractivity contribution in [3.8, 4) is 0 Å². The molecule has 21 heavy (non-hydrogen) atoms. The summed E-state index contributed by atoms with van der Waals surface area (Å²) in [5.74, 6) is 0.700. The first-order valence-electron chi connectivity index (χ1n) is 8.35. The van der Waals surface area contributed by atoms with E-state index in [0.29, 0.717) is 11.3 Å². The first-order valence-corrected chi connectivity index (χ1v) is 8.35. The average Bonchev–Trinajstić information content (AvgIpc) is 2.49. The Morgan fingerprint density at radius 1 is 1.19 bits per heavy atom. The van der Waals surface area contributed by atoms with Crippen LogP contribution in [0.4, 0.5) is 5.69 Å². The van der Waals surface area contributed by atoms with Gasteiger partial charge in [0.05, 0.1) is 0 Å². The Kier molecular flexibility index (Phi) is 4.08. The van der Waals surface area contributed by atoms with E-state index in [0.717, 1.165) is 25.2 Å². The molecular formula is C19H28N2. The Hall–Kier alpha value is -1.28. The summed E-state index contributed by atoms with van der Waals surface area (Å²) in [5, 5.41) is 3.45. The molecule has 0 saturated carbocycles. The maximum atomic E-state index is 6.26. The fourth-order valence-electron chi connectivity index (χ4n) is 3.58. The number of nitrogen functional groups attached to an aromatic ring is 1. The van der Waals surface area contributed by atoms with Crippen LogP contribution in [0.5, 0.6) is 0 Å². The molecule has 3 rings (SSSR count). The van der Waals surface area contributed by atoms with Crippen LogP contribution < -0.4 is 11.1 Å². The molecule has 1 fully saturated rings. The number of rotatable bonds is 2. The van der Waals surface area contributed by atoms with Crippen LogP contribution in [0, 0.1) is 5.41 Å². The van der Waals surface area contributed by atoms with Crippen LogP contribution in [0.1, 0.15) is 63.0 Å². The van der Waals surface area contributed by atoms with Crippen molar-refractivity contribution in [2.75, 3.05) is 18.8 Å². The summed E-state index contributed by atoms with van der Waals surface area (Å²) >= 11 is 0. The largest absolute Gasteiger partial charge is 0.398 e. The number of nitrogens with two attached hydrogens (primary N) is 1. The van der Waals surface area contributed by atoms with Gasteiger partial charge in [0, 0.05) is 11.3 Å². The SMILES string of the molecule is CC1(C)CC=C(c2cc(C3CCNCC3)ccc2N)CC1. The summed E-state index contributed by atoms with van der Waals surface area (Å²) in [5.41, 5.74) is 11.9. The highest BCUT2D eigenvalue weighted by atomic mass is 14.9. The molecule has 3 N–H and O–H groups in total. The van der Waals surface area contributed by atoms with Gasteiger partial charge >= 0.3 is 0 Å². The van der Waals surface area contributed by atoms with Crippen LogP contribution in [0.2, 0.25) is 0 Å².